The van der Waals surface area contributed by atoms with Crippen LogP contribution in [0.4, 0.5) is 20.3 Å². The summed E-state index contributed by atoms with van der Waals surface area (Å²) in [4.78, 5) is 19.0. The lowest BCUT2D eigenvalue weighted by molar-refractivity contribution is 0.0964. The van der Waals surface area contributed by atoms with Gasteiger partial charge in [0.2, 0.25) is 0 Å². The summed E-state index contributed by atoms with van der Waals surface area (Å²) in [5.74, 6) is 0.451. The number of rotatable bonds is 4. The Labute approximate surface area is 189 Å². The van der Waals surface area contributed by atoms with E-state index >= 15 is 0 Å². The van der Waals surface area contributed by atoms with Crippen molar-refractivity contribution >= 4 is 28.3 Å². The summed E-state index contributed by atoms with van der Waals surface area (Å²) < 4.78 is 31.7. The monoisotopic (exact) mass is 450 g/mol. The Morgan fingerprint density at radius 1 is 1.15 bits per heavy atom. The predicted octanol–water partition coefficient (Wildman–Crippen LogP) is 4.36. The van der Waals surface area contributed by atoms with Crippen LogP contribution in [0, 0.1) is 0 Å². The van der Waals surface area contributed by atoms with E-state index in [1.54, 1.807) is 49.6 Å². The number of nitrogens with zero attached hydrogens (tertiary/aromatic N) is 5. The van der Waals surface area contributed by atoms with E-state index in [9.17, 15) is 13.6 Å². The molecule has 33 heavy (non-hydrogen) atoms. The molecule has 1 N–H and O–H groups in total. The molecule has 9 heteroatoms. The summed E-state index contributed by atoms with van der Waals surface area (Å²) in [7, 11) is 5.22. The predicted molar refractivity (Wildman–Crippen MR) is 123 cm³/mol. The van der Waals surface area contributed by atoms with Crippen LogP contribution >= 0.6 is 0 Å². The summed E-state index contributed by atoms with van der Waals surface area (Å²) in [5.41, 5.74) is 4.25. The van der Waals surface area contributed by atoms with Gasteiger partial charge in [-0.2, -0.15) is 5.10 Å². The molecule has 0 aliphatic carbocycles. The van der Waals surface area contributed by atoms with Crippen LogP contribution in [-0.2, 0) is 20.5 Å². The van der Waals surface area contributed by atoms with E-state index in [0.29, 0.717) is 29.1 Å². The van der Waals surface area contributed by atoms with Gasteiger partial charge in [-0.05, 0) is 42.2 Å². The second-order valence-electron chi connectivity index (χ2n) is 8.32. The number of amides is 1. The van der Waals surface area contributed by atoms with Crippen LogP contribution in [0.2, 0.25) is 0 Å². The molecule has 170 valence electrons. The number of aromatic nitrogens is 4. The third-order valence-electron chi connectivity index (χ3n) is 6.23. The Morgan fingerprint density at radius 2 is 1.97 bits per heavy atom. The SMILES string of the molecule is CNC(=O)c1cn(C)c2cnc(N3CCCc4cc(-c5cnn(C)c5)c(C(F)F)cc43)cc12. The van der Waals surface area contributed by atoms with Crippen molar-refractivity contribution in [1.82, 2.24) is 24.6 Å². The van der Waals surface area contributed by atoms with Gasteiger partial charge in [-0.25, -0.2) is 13.8 Å². The average molecular weight is 450 g/mol. The first-order valence-corrected chi connectivity index (χ1v) is 10.8. The fourth-order valence-electron chi connectivity index (χ4n) is 4.61. The number of alkyl halides is 2. The van der Waals surface area contributed by atoms with Crippen molar-refractivity contribution in [3.63, 3.8) is 0 Å². The molecule has 1 aromatic carbocycles. The Hall–Kier alpha value is -3.75. The van der Waals surface area contributed by atoms with Crippen LogP contribution in [0.15, 0.2) is 43.0 Å². The highest BCUT2D eigenvalue weighted by atomic mass is 19.3. The van der Waals surface area contributed by atoms with Crippen molar-refractivity contribution in [3.8, 4) is 11.1 Å². The summed E-state index contributed by atoms with van der Waals surface area (Å²) in [6.07, 6.45) is 5.89. The lowest BCUT2D eigenvalue weighted by atomic mass is 9.93. The number of benzene rings is 1. The van der Waals surface area contributed by atoms with Gasteiger partial charge in [0.25, 0.3) is 12.3 Å². The number of carbonyl (C=O) groups is 1. The number of fused-ring (bicyclic) bond motifs is 2. The third-order valence-corrected chi connectivity index (χ3v) is 6.23. The van der Waals surface area contributed by atoms with Gasteiger partial charge in [-0.3, -0.25) is 9.48 Å². The number of aryl methyl sites for hydroxylation is 3. The number of anilines is 2. The number of hydrogen-bond acceptors (Lipinski definition) is 4. The van der Waals surface area contributed by atoms with Gasteiger partial charge in [-0.15, -0.1) is 0 Å². The van der Waals surface area contributed by atoms with E-state index in [-0.39, 0.29) is 11.5 Å². The van der Waals surface area contributed by atoms with Crippen LogP contribution in [0.3, 0.4) is 0 Å². The standard InChI is InChI=1S/C24H24F2N6O/c1-27-24(33)19-13-30(2)21-11-28-22(9-17(19)21)32-6-4-5-14-7-16(15-10-29-31(3)12-15)18(23(25)26)8-20(14)32/h7-13,23H,4-6H2,1-3H3,(H,27,33). The molecule has 1 aliphatic heterocycles. The zero-order chi connectivity index (χ0) is 23.3. The number of hydrogen-bond donors (Lipinski definition) is 1. The number of carbonyl (C=O) groups excluding carboxylic acids is 1. The highest BCUT2D eigenvalue weighted by Gasteiger charge is 2.26. The lowest BCUT2D eigenvalue weighted by Gasteiger charge is -2.31. The molecule has 0 saturated heterocycles. The van der Waals surface area contributed by atoms with Crippen molar-refractivity contribution in [2.45, 2.75) is 19.3 Å². The molecule has 0 atom stereocenters. The highest BCUT2D eigenvalue weighted by Crippen LogP contribution is 2.41. The van der Waals surface area contributed by atoms with Crippen LogP contribution in [0.25, 0.3) is 22.0 Å². The van der Waals surface area contributed by atoms with Crippen LogP contribution < -0.4 is 10.2 Å². The Bertz CT molecular complexity index is 1370. The van der Waals surface area contributed by atoms with Gasteiger partial charge in [0.1, 0.15) is 5.82 Å². The first kappa shape index (κ1) is 21.1. The summed E-state index contributed by atoms with van der Waals surface area (Å²) >= 11 is 0. The van der Waals surface area contributed by atoms with E-state index in [1.807, 2.05) is 28.6 Å². The molecular weight excluding hydrogens is 426 g/mol. The molecule has 3 aromatic heterocycles. The molecular formula is C24H24F2N6O. The maximum Gasteiger partial charge on any atom is 0.264 e. The molecule has 0 unspecified atom stereocenters. The molecule has 4 heterocycles. The first-order chi connectivity index (χ1) is 15.9. The molecule has 0 saturated carbocycles. The van der Waals surface area contributed by atoms with Gasteiger partial charge in [0.05, 0.1) is 23.5 Å². The van der Waals surface area contributed by atoms with E-state index in [4.69, 9.17) is 0 Å². The molecule has 7 nitrogen and oxygen atoms in total. The molecule has 1 amide bonds. The molecule has 0 spiro atoms. The minimum atomic E-state index is -2.63. The molecule has 1 aliphatic rings. The smallest absolute Gasteiger partial charge is 0.264 e. The van der Waals surface area contributed by atoms with Crippen LogP contribution in [0.5, 0.6) is 0 Å². The maximum absolute atomic E-state index is 14.1. The van der Waals surface area contributed by atoms with Gasteiger partial charge in [-0.1, -0.05) is 0 Å². The third kappa shape index (κ3) is 3.53. The topological polar surface area (TPSA) is 68.0 Å². The van der Waals surface area contributed by atoms with E-state index in [0.717, 1.165) is 35.0 Å². The molecule has 4 aromatic rings. The maximum atomic E-state index is 14.1. The first-order valence-electron chi connectivity index (χ1n) is 10.8. The highest BCUT2D eigenvalue weighted by molar-refractivity contribution is 6.07. The normalized spacial score (nSPS) is 13.6. The second-order valence-corrected chi connectivity index (χ2v) is 8.32. The average Bonchev–Trinajstić information content (AvgIpc) is 3.40. The largest absolute Gasteiger partial charge is 0.355 e. The van der Waals surface area contributed by atoms with Crippen molar-refractivity contribution < 1.29 is 13.6 Å². The minimum absolute atomic E-state index is 0.0273. The summed E-state index contributed by atoms with van der Waals surface area (Å²) in [6, 6.07) is 5.31. The van der Waals surface area contributed by atoms with E-state index in [2.05, 4.69) is 15.4 Å². The molecule has 0 radical (unpaired) electrons. The van der Waals surface area contributed by atoms with Gasteiger partial charge >= 0.3 is 0 Å². The fourth-order valence-corrected chi connectivity index (χ4v) is 4.61. The molecule has 5 rings (SSSR count). The van der Waals surface area contributed by atoms with Gasteiger partial charge in [0.15, 0.2) is 0 Å². The Balaban J connectivity index is 1.64. The Kier molecular flexibility index (Phi) is 5.11. The molecule has 0 fully saturated rings. The van der Waals surface area contributed by atoms with Crippen LogP contribution in [0.1, 0.15) is 34.3 Å². The quantitative estimate of drug-likeness (QED) is 0.502. The summed E-state index contributed by atoms with van der Waals surface area (Å²) in [5, 5.41) is 7.59. The second kappa shape index (κ2) is 7.99. The van der Waals surface area contributed by atoms with Crippen molar-refractivity contribution in [1.29, 1.82) is 0 Å². The van der Waals surface area contributed by atoms with Crippen LogP contribution in [-0.4, -0.2) is 38.8 Å². The van der Waals surface area contributed by atoms with Gasteiger partial charge < -0.3 is 14.8 Å². The van der Waals surface area contributed by atoms with Crippen molar-refractivity contribution in [3.05, 3.63) is 59.7 Å². The number of nitrogens with one attached hydrogen (secondary N) is 1. The van der Waals surface area contributed by atoms with E-state index < -0.39 is 6.43 Å². The minimum Gasteiger partial charge on any atom is -0.355 e. The van der Waals surface area contributed by atoms with Crippen molar-refractivity contribution in [2.24, 2.45) is 14.1 Å². The summed E-state index contributed by atoms with van der Waals surface area (Å²) in [6.45, 7) is 0.655. The lowest BCUT2D eigenvalue weighted by Crippen LogP contribution is -2.25. The number of pyridine rings is 1. The van der Waals surface area contributed by atoms with E-state index in [1.165, 1.54) is 0 Å². The molecule has 0 bridgehead atoms. The Morgan fingerprint density at radius 3 is 2.67 bits per heavy atom. The number of halogens is 2. The fraction of sp³-hybridized carbons (Fsp3) is 0.292. The van der Waals surface area contributed by atoms with Gasteiger partial charge in [0, 0.05) is 62.3 Å². The zero-order valence-corrected chi connectivity index (χ0v) is 18.6. The van der Waals surface area contributed by atoms with Crippen molar-refractivity contribution in [2.75, 3.05) is 18.5 Å². The zero-order valence-electron chi connectivity index (χ0n) is 18.6.